The number of phenolic OH excluding ortho intramolecular Hbond substituents is 1. The second-order valence-electron chi connectivity index (χ2n) is 6.53. The van der Waals surface area contributed by atoms with Crippen LogP contribution in [0.4, 0.5) is 0 Å². The largest absolute Gasteiger partial charge is 0.508 e. The highest BCUT2D eigenvalue weighted by Gasteiger charge is 2.43. The normalized spacial score (nSPS) is 19.5. The first-order valence-corrected chi connectivity index (χ1v) is 8.60. The van der Waals surface area contributed by atoms with Crippen LogP contribution >= 0.6 is 12.2 Å². The van der Waals surface area contributed by atoms with Crippen molar-refractivity contribution in [1.82, 2.24) is 20.1 Å². The zero-order valence-corrected chi connectivity index (χ0v) is 14.6. The summed E-state index contributed by atoms with van der Waals surface area (Å²) in [6.45, 7) is 5.25. The number of phenols is 1. The minimum absolute atomic E-state index is 0.00584. The number of amides is 1. The van der Waals surface area contributed by atoms with Crippen LogP contribution < -0.4 is 5.32 Å². The predicted octanol–water partition coefficient (Wildman–Crippen LogP) is 2.69. The molecule has 1 aromatic heterocycles. The maximum Gasteiger partial charge on any atom is 0.223 e. The molecule has 1 heterocycles. The van der Waals surface area contributed by atoms with Crippen molar-refractivity contribution in [1.29, 1.82) is 0 Å². The molecule has 3 N–H and O–H groups in total. The average molecular weight is 346 g/mol. The molecule has 0 radical (unpaired) electrons. The van der Waals surface area contributed by atoms with Gasteiger partial charge in [-0.15, -0.1) is 0 Å². The van der Waals surface area contributed by atoms with Crippen LogP contribution in [0.5, 0.6) is 5.75 Å². The SMILES string of the molecule is CC(C)c1n[nH]c(=S)n1CCNC(=O)C1CC1c1cccc(O)c1. The van der Waals surface area contributed by atoms with Gasteiger partial charge in [-0.1, -0.05) is 26.0 Å². The Hall–Kier alpha value is -2.15. The van der Waals surface area contributed by atoms with Crippen molar-refractivity contribution >= 4 is 18.1 Å². The van der Waals surface area contributed by atoms with Crippen LogP contribution in [0.3, 0.4) is 0 Å². The number of hydrogen-bond donors (Lipinski definition) is 3. The number of carbonyl (C=O) groups is 1. The summed E-state index contributed by atoms with van der Waals surface area (Å²) >= 11 is 5.24. The molecule has 0 aliphatic heterocycles. The van der Waals surface area contributed by atoms with E-state index < -0.39 is 0 Å². The molecule has 0 bridgehead atoms. The smallest absolute Gasteiger partial charge is 0.223 e. The molecular formula is C17H22N4O2S. The third kappa shape index (κ3) is 3.51. The molecule has 2 aromatic rings. The number of nitrogens with one attached hydrogen (secondary N) is 2. The van der Waals surface area contributed by atoms with Gasteiger partial charge in [-0.2, -0.15) is 5.10 Å². The van der Waals surface area contributed by atoms with Gasteiger partial charge in [0.05, 0.1) is 0 Å². The molecule has 0 saturated heterocycles. The molecule has 1 aliphatic rings. The van der Waals surface area contributed by atoms with Gasteiger partial charge in [-0.05, 0) is 42.3 Å². The van der Waals surface area contributed by atoms with Gasteiger partial charge in [0.1, 0.15) is 11.6 Å². The minimum atomic E-state index is -0.00584. The fourth-order valence-electron chi connectivity index (χ4n) is 3.02. The van der Waals surface area contributed by atoms with E-state index in [4.69, 9.17) is 12.2 Å². The van der Waals surface area contributed by atoms with Crippen LogP contribution in [0.2, 0.25) is 0 Å². The number of aromatic amines is 1. The molecule has 6 nitrogen and oxygen atoms in total. The molecule has 2 unspecified atom stereocenters. The summed E-state index contributed by atoms with van der Waals surface area (Å²) in [5.74, 6) is 1.68. The van der Waals surface area contributed by atoms with Crippen molar-refractivity contribution in [3.63, 3.8) is 0 Å². The Bertz CT molecular complexity index is 796. The summed E-state index contributed by atoms with van der Waals surface area (Å²) in [4.78, 5) is 12.3. The Morgan fingerprint density at radius 3 is 3.04 bits per heavy atom. The molecule has 0 spiro atoms. The second kappa shape index (κ2) is 6.76. The van der Waals surface area contributed by atoms with Gasteiger partial charge < -0.3 is 15.0 Å². The molecule has 2 atom stereocenters. The van der Waals surface area contributed by atoms with Crippen molar-refractivity contribution in [2.45, 2.75) is 38.6 Å². The summed E-state index contributed by atoms with van der Waals surface area (Å²) in [6.07, 6.45) is 0.831. The van der Waals surface area contributed by atoms with Gasteiger partial charge in [0.2, 0.25) is 5.91 Å². The van der Waals surface area contributed by atoms with Crippen molar-refractivity contribution < 1.29 is 9.90 Å². The van der Waals surface area contributed by atoms with E-state index in [2.05, 4.69) is 29.4 Å². The third-order valence-corrected chi connectivity index (χ3v) is 4.68. The van der Waals surface area contributed by atoms with Crippen LogP contribution in [0, 0.1) is 10.7 Å². The van der Waals surface area contributed by atoms with Crippen molar-refractivity contribution in [3.8, 4) is 5.75 Å². The van der Waals surface area contributed by atoms with Crippen LogP contribution in [-0.2, 0) is 11.3 Å². The van der Waals surface area contributed by atoms with E-state index in [1.54, 1.807) is 12.1 Å². The standard InChI is InChI=1S/C17H22N4O2S/c1-10(2)15-19-20-17(24)21(15)7-6-18-16(23)14-9-13(14)11-4-3-5-12(22)8-11/h3-5,8,10,13-14,22H,6-7,9H2,1-2H3,(H,18,23)(H,20,24). The van der Waals surface area contributed by atoms with E-state index in [1.165, 1.54) is 0 Å². The number of carbonyl (C=O) groups excluding carboxylic acids is 1. The van der Waals surface area contributed by atoms with E-state index in [0.717, 1.165) is 17.8 Å². The summed E-state index contributed by atoms with van der Waals surface area (Å²) in [7, 11) is 0. The van der Waals surface area contributed by atoms with E-state index in [0.29, 0.717) is 17.9 Å². The summed E-state index contributed by atoms with van der Waals surface area (Å²) in [6, 6.07) is 7.14. The van der Waals surface area contributed by atoms with Gasteiger partial charge in [-0.25, -0.2) is 0 Å². The maximum atomic E-state index is 12.3. The zero-order valence-electron chi connectivity index (χ0n) is 13.8. The summed E-state index contributed by atoms with van der Waals surface area (Å²) in [5.41, 5.74) is 1.02. The fourth-order valence-corrected chi connectivity index (χ4v) is 3.25. The van der Waals surface area contributed by atoms with E-state index in [1.807, 2.05) is 16.7 Å². The lowest BCUT2D eigenvalue weighted by atomic mass is 10.1. The Morgan fingerprint density at radius 1 is 1.54 bits per heavy atom. The highest BCUT2D eigenvalue weighted by atomic mass is 32.1. The highest BCUT2D eigenvalue weighted by molar-refractivity contribution is 7.71. The molecule has 3 rings (SSSR count). The number of hydrogen-bond acceptors (Lipinski definition) is 4. The summed E-state index contributed by atoms with van der Waals surface area (Å²) < 4.78 is 2.51. The first-order chi connectivity index (χ1) is 11.5. The van der Waals surface area contributed by atoms with E-state index in [-0.39, 0.29) is 29.4 Å². The quantitative estimate of drug-likeness (QED) is 0.702. The Balaban J connectivity index is 1.53. The van der Waals surface area contributed by atoms with Gasteiger partial charge in [0.15, 0.2) is 4.77 Å². The van der Waals surface area contributed by atoms with Gasteiger partial charge in [-0.3, -0.25) is 9.89 Å². The molecule has 128 valence electrons. The van der Waals surface area contributed by atoms with Gasteiger partial charge in [0.25, 0.3) is 0 Å². The average Bonchev–Trinajstić information content (AvgIpc) is 3.26. The van der Waals surface area contributed by atoms with Crippen molar-refractivity contribution in [2.75, 3.05) is 6.54 Å². The molecule has 1 amide bonds. The molecule has 1 aromatic carbocycles. The van der Waals surface area contributed by atoms with Gasteiger partial charge in [0, 0.05) is 24.9 Å². The van der Waals surface area contributed by atoms with E-state index in [9.17, 15) is 9.90 Å². The Kier molecular flexibility index (Phi) is 4.71. The zero-order chi connectivity index (χ0) is 17.3. The number of H-pyrrole nitrogens is 1. The topological polar surface area (TPSA) is 82.9 Å². The monoisotopic (exact) mass is 346 g/mol. The number of aromatic hydroxyl groups is 1. The molecule has 1 saturated carbocycles. The van der Waals surface area contributed by atoms with Crippen molar-refractivity contribution in [3.05, 3.63) is 40.4 Å². The highest BCUT2D eigenvalue weighted by Crippen LogP contribution is 2.48. The first kappa shape index (κ1) is 16.7. The lowest BCUT2D eigenvalue weighted by Gasteiger charge is -2.10. The van der Waals surface area contributed by atoms with Crippen LogP contribution in [0.25, 0.3) is 0 Å². The lowest BCUT2D eigenvalue weighted by molar-refractivity contribution is -0.122. The van der Waals surface area contributed by atoms with Crippen LogP contribution in [0.15, 0.2) is 24.3 Å². The molecular weight excluding hydrogens is 324 g/mol. The Labute approximate surface area is 145 Å². The number of nitrogens with zero attached hydrogens (tertiary/aromatic N) is 2. The number of benzene rings is 1. The maximum absolute atomic E-state index is 12.3. The minimum Gasteiger partial charge on any atom is -0.508 e. The number of rotatable bonds is 6. The van der Waals surface area contributed by atoms with E-state index >= 15 is 0 Å². The Morgan fingerprint density at radius 2 is 2.33 bits per heavy atom. The molecule has 1 aliphatic carbocycles. The van der Waals surface area contributed by atoms with Crippen LogP contribution in [-0.4, -0.2) is 32.3 Å². The predicted molar refractivity (Wildman–Crippen MR) is 93.5 cm³/mol. The second-order valence-corrected chi connectivity index (χ2v) is 6.91. The third-order valence-electron chi connectivity index (χ3n) is 4.36. The first-order valence-electron chi connectivity index (χ1n) is 8.19. The molecule has 7 heteroatoms. The lowest BCUT2D eigenvalue weighted by Crippen LogP contribution is -2.29. The van der Waals surface area contributed by atoms with Crippen LogP contribution in [0.1, 0.15) is 43.5 Å². The summed E-state index contributed by atoms with van der Waals surface area (Å²) in [5, 5.41) is 19.6. The van der Waals surface area contributed by atoms with Gasteiger partial charge >= 0.3 is 0 Å². The fraction of sp³-hybridized carbons (Fsp3) is 0.471. The molecule has 24 heavy (non-hydrogen) atoms. The number of aromatic nitrogens is 3. The molecule has 1 fully saturated rings. The van der Waals surface area contributed by atoms with Crippen molar-refractivity contribution in [2.24, 2.45) is 5.92 Å².